The van der Waals surface area contributed by atoms with Crippen molar-refractivity contribution in [2.45, 2.75) is 295 Å². The van der Waals surface area contributed by atoms with Gasteiger partial charge in [-0.1, -0.05) is 45.4 Å². The van der Waals surface area contributed by atoms with Crippen molar-refractivity contribution in [3.8, 4) is 0 Å². The first kappa shape index (κ1) is 84.3. The summed E-state index contributed by atoms with van der Waals surface area (Å²) in [5.74, 6) is -0.282. The highest BCUT2D eigenvalue weighted by atomic mass is 16.8. The molecule has 6 aliphatic rings. The van der Waals surface area contributed by atoms with Crippen LogP contribution >= 0.6 is 0 Å². The molecule has 6 saturated heterocycles. The molecule has 30 heteroatoms. The lowest BCUT2D eigenvalue weighted by Gasteiger charge is -2.53. The van der Waals surface area contributed by atoms with Crippen LogP contribution in [0.25, 0.3) is 0 Å². The molecule has 0 aliphatic carbocycles. The zero-order chi connectivity index (χ0) is 71.0. The van der Waals surface area contributed by atoms with Crippen LogP contribution in [0.1, 0.15) is 98.8 Å². The van der Waals surface area contributed by atoms with Crippen molar-refractivity contribution in [2.24, 2.45) is 0 Å². The van der Waals surface area contributed by atoms with Gasteiger partial charge in [-0.2, -0.15) is 0 Å². The van der Waals surface area contributed by atoms with Crippen molar-refractivity contribution < 1.29 is 142 Å². The molecule has 0 spiro atoms. The third-order valence-electron chi connectivity index (χ3n) is 19.7. The highest BCUT2D eigenvalue weighted by Gasteiger charge is 2.60. The van der Waals surface area contributed by atoms with E-state index >= 15 is 0 Å². The second-order valence-corrected chi connectivity index (χ2v) is 25.5. The van der Waals surface area contributed by atoms with E-state index in [2.05, 4.69) is 6.92 Å². The lowest BCUT2D eigenvalue weighted by Crippen LogP contribution is -2.69. The zero-order valence-electron chi connectivity index (χ0n) is 61.7. The second-order valence-electron chi connectivity index (χ2n) is 25.5. The number of carbonyl (C=O) groups is 1. The van der Waals surface area contributed by atoms with Crippen LogP contribution < -0.4 is 0 Å². The average molecular weight is 1410 g/mol. The molecule has 0 bridgehead atoms. The Kier molecular flexibility index (Phi) is 37.3. The van der Waals surface area contributed by atoms with Gasteiger partial charge in [0.2, 0.25) is 0 Å². The molecular formula is C67H122O30. The first-order valence-electron chi connectivity index (χ1n) is 34.2. The maximum absolute atomic E-state index is 11.9. The summed E-state index contributed by atoms with van der Waals surface area (Å²) in [7, 11) is 26.4. The number of methoxy groups -OCH3 is 17. The molecule has 0 aromatic rings. The smallest absolute Gasteiger partial charge is 0.308 e. The van der Waals surface area contributed by atoms with Crippen LogP contribution in [0.3, 0.4) is 0 Å². The quantitative estimate of drug-likeness (QED) is 0.0607. The Labute approximate surface area is 575 Å². The lowest BCUT2D eigenvalue weighted by molar-refractivity contribution is -0.418. The van der Waals surface area contributed by atoms with E-state index in [-0.39, 0.29) is 37.8 Å². The summed E-state index contributed by atoms with van der Waals surface area (Å²) in [4.78, 5) is 11.9. The van der Waals surface area contributed by atoms with Gasteiger partial charge < -0.3 is 137 Å². The molecular weight excluding hydrogens is 1280 g/mol. The van der Waals surface area contributed by atoms with Crippen LogP contribution in [0.4, 0.5) is 0 Å². The predicted octanol–water partition coefficient (Wildman–Crippen LogP) is 4.32. The first-order valence-corrected chi connectivity index (χ1v) is 34.2. The number of hydrogen-bond acceptors (Lipinski definition) is 30. The van der Waals surface area contributed by atoms with E-state index in [1.807, 2.05) is 27.7 Å². The fourth-order valence-corrected chi connectivity index (χ4v) is 14.7. The minimum absolute atomic E-state index is 0.0479. The van der Waals surface area contributed by atoms with Crippen LogP contribution in [-0.4, -0.2) is 336 Å². The summed E-state index contributed by atoms with van der Waals surface area (Å²) in [6.45, 7) is 9.68. The first-order chi connectivity index (χ1) is 46.9. The number of ether oxygens (including phenoxy) is 29. The van der Waals surface area contributed by atoms with Gasteiger partial charge in [-0.05, 0) is 47.0 Å². The molecule has 570 valence electrons. The molecule has 6 heterocycles. The molecule has 2 unspecified atom stereocenters. The van der Waals surface area contributed by atoms with Crippen LogP contribution in [0.2, 0.25) is 0 Å². The van der Waals surface area contributed by atoms with E-state index in [0.717, 1.165) is 57.8 Å². The van der Waals surface area contributed by atoms with Crippen LogP contribution in [0, 0.1) is 0 Å². The van der Waals surface area contributed by atoms with E-state index in [0.29, 0.717) is 0 Å². The molecule has 97 heavy (non-hydrogen) atoms. The average Bonchev–Trinajstić information content (AvgIpc) is 0.765. The van der Waals surface area contributed by atoms with Crippen LogP contribution in [-0.2, 0) is 142 Å². The van der Waals surface area contributed by atoms with Crippen LogP contribution in [0.5, 0.6) is 0 Å². The van der Waals surface area contributed by atoms with Gasteiger partial charge in [-0.15, -0.1) is 0 Å². The maximum atomic E-state index is 11.9. The molecule has 32 atom stereocenters. The minimum atomic E-state index is -1.36. The van der Waals surface area contributed by atoms with Gasteiger partial charge in [0.05, 0.1) is 63.4 Å². The molecule has 0 saturated carbocycles. The number of unbranched alkanes of at least 4 members (excludes halogenated alkanes) is 4. The monoisotopic (exact) mass is 1410 g/mol. The zero-order valence-corrected chi connectivity index (χ0v) is 61.7. The summed E-state index contributed by atoms with van der Waals surface area (Å²) < 4.78 is 187. The Balaban J connectivity index is 1.41. The molecule has 30 nitrogen and oxygen atoms in total. The number of esters is 1. The highest BCUT2D eigenvalue weighted by Crippen LogP contribution is 2.42. The fraction of sp³-hybridized carbons (Fsp3) is 0.985. The van der Waals surface area contributed by atoms with E-state index in [9.17, 15) is 4.79 Å². The maximum Gasteiger partial charge on any atom is 0.308 e. The number of rotatable bonds is 42. The van der Waals surface area contributed by atoms with Crippen molar-refractivity contribution in [3.05, 3.63) is 0 Å². The Morgan fingerprint density at radius 2 is 0.608 bits per heavy atom. The van der Waals surface area contributed by atoms with Gasteiger partial charge in [0.1, 0.15) is 122 Å². The van der Waals surface area contributed by atoms with Gasteiger partial charge >= 0.3 is 5.97 Å². The predicted molar refractivity (Wildman–Crippen MR) is 343 cm³/mol. The standard InChI is InChI=1S/C67H122O30/c1-23-29-39(30-27-25-24-26-28-31-40(71-8)32-43(68)72-9)90-65-59(52(80-17)46(75-12)37(4)88-65)97-67-61(54(82-19)49(77-14)42(92-67)34-70-7)96-64-58(85-22)55(47(38(5)89-64)93-62-56(83-20)50(78-15)44(73-10)35(2)86-62)94-66-60(53(81-18)48(76-13)41(91-66)33-69-6)95-63-57(84-21)51(79-16)45(74-11)36(3)87-63/h35-42,44-67H,23-34H2,1-22H3/t35-,36-,37-,38-,39?,40?,41-,42-,44-,45-,46+,47-,48-,49-,50-,51+,52+,53+,54+,55+,56-,57-,58-,59-,60-,61-,62+,63+,64+,65+,66+,67+/m1/s1. The molecule has 6 fully saturated rings. The minimum Gasteiger partial charge on any atom is -0.469 e. The van der Waals surface area contributed by atoms with Crippen molar-refractivity contribution in [1.82, 2.24) is 0 Å². The normalized spacial score (nSPS) is 41.2. The Morgan fingerprint density at radius 1 is 0.309 bits per heavy atom. The number of carbonyl (C=O) groups excluding carboxylic acids is 1. The largest absolute Gasteiger partial charge is 0.469 e. The molecule has 0 aromatic carbocycles. The molecule has 0 radical (unpaired) electrons. The molecule has 0 aromatic heterocycles. The molecule has 6 aliphatic heterocycles. The van der Waals surface area contributed by atoms with Gasteiger partial charge in [-0.25, -0.2) is 0 Å². The summed E-state index contributed by atoms with van der Waals surface area (Å²) >= 11 is 0. The lowest BCUT2D eigenvalue weighted by atomic mass is 9.94. The Morgan fingerprint density at radius 3 is 0.969 bits per heavy atom. The van der Waals surface area contributed by atoms with Crippen molar-refractivity contribution >= 4 is 5.97 Å². The summed E-state index contributed by atoms with van der Waals surface area (Å²) in [6.07, 6.45) is -19.4. The van der Waals surface area contributed by atoms with E-state index in [1.165, 1.54) is 28.4 Å². The second kappa shape index (κ2) is 43.0. The fourth-order valence-electron chi connectivity index (χ4n) is 14.7. The third-order valence-corrected chi connectivity index (χ3v) is 19.7. The molecule has 6 rings (SSSR count). The van der Waals surface area contributed by atoms with E-state index < -0.39 is 184 Å². The number of hydrogen-bond donors (Lipinski definition) is 0. The summed E-state index contributed by atoms with van der Waals surface area (Å²) in [5, 5.41) is 0. The van der Waals surface area contributed by atoms with Gasteiger partial charge in [0.15, 0.2) is 37.7 Å². The van der Waals surface area contributed by atoms with Crippen molar-refractivity contribution in [3.63, 3.8) is 0 Å². The molecule has 0 amide bonds. The van der Waals surface area contributed by atoms with E-state index in [4.69, 9.17) is 137 Å². The molecule has 0 N–H and O–H groups in total. The Hall–Kier alpha value is -1.65. The van der Waals surface area contributed by atoms with Crippen molar-refractivity contribution in [2.75, 3.05) is 134 Å². The highest BCUT2D eigenvalue weighted by molar-refractivity contribution is 5.69. The SMILES string of the molecule is CCCC(CCCCCCCC(CC(=O)OC)OC)O[C@@H]1O[C@H](C)[C@H](OC)[C@H](OC)[C@H]1O[C@@H]1O[C@H](COC)[C@@H](OC)[C@H](OC)[C@H]1O[C@@H]1O[C@H](C)[C@@H](O[C@@H]2O[C@H](C)[C@@H](OC)[C@@H](OC)[C@H]2OC)[C@H](O[C@@H]2O[C@H](COC)[C@@H](OC)[C@H](OC)[C@H]2O[C@@H]2O[C@H](C)[C@@H](OC)[C@H](OC)[C@H]2OC)[C@H]1OC. The Bertz CT molecular complexity index is 2130. The topological polar surface area (TPSA) is 285 Å². The van der Waals surface area contributed by atoms with Crippen LogP contribution in [0.15, 0.2) is 0 Å². The van der Waals surface area contributed by atoms with Gasteiger partial charge in [0, 0.05) is 114 Å². The third kappa shape index (κ3) is 21.1. The van der Waals surface area contributed by atoms with Crippen molar-refractivity contribution in [1.29, 1.82) is 0 Å². The van der Waals surface area contributed by atoms with E-state index in [1.54, 1.807) is 92.4 Å². The summed E-state index contributed by atoms with van der Waals surface area (Å²) in [5.41, 5.74) is 0. The van der Waals surface area contributed by atoms with Gasteiger partial charge in [-0.3, -0.25) is 4.79 Å². The van der Waals surface area contributed by atoms with Gasteiger partial charge in [0.25, 0.3) is 0 Å². The summed E-state index contributed by atoms with van der Waals surface area (Å²) in [6, 6.07) is 0.